The molecule has 0 amide bonds. The molecule has 4 heteroatoms. The minimum absolute atomic E-state index is 0.0121. The van der Waals surface area contributed by atoms with Crippen LogP contribution in [-0.2, 0) is 4.79 Å². The Balaban J connectivity index is 3.20. The average Bonchev–Trinajstić information content (AvgIpc) is 2.18. The van der Waals surface area contributed by atoms with Gasteiger partial charge in [-0.05, 0) is 31.6 Å². The maximum absolute atomic E-state index is 11.0. The highest BCUT2D eigenvalue weighted by Gasteiger charge is 2.10. The smallest absolute Gasteiger partial charge is 0.276 e. The number of nitrogens with zero attached hydrogens (tertiary/aromatic N) is 1. The number of hydrogen-bond donors (Lipinski definition) is 0. The van der Waals surface area contributed by atoms with Crippen molar-refractivity contribution in [3.05, 3.63) is 45.5 Å². The van der Waals surface area contributed by atoms with Crippen LogP contribution in [0.5, 0.6) is 0 Å². The summed E-state index contributed by atoms with van der Waals surface area (Å²) in [5.41, 5.74) is 0.970. The molecule has 0 unspecified atom stereocenters. The summed E-state index contributed by atoms with van der Waals surface area (Å²) in [6.07, 6.45) is 1.53. The second-order valence-electron chi connectivity index (χ2n) is 3.20. The van der Waals surface area contributed by atoms with Crippen molar-refractivity contribution >= 4 is 17.5 Å². The third-order valence-electron chi connectivity index (χ3n) is 2.06. The molecule has 1 aromatic carbocycles. The zero-order valence-electron chi connectivity index (χ0n) is 8.56. The zero-order valence-corrected chi connectivity index (χ0v) is 8.56. The van der Waals surface area contributed by atoms with E-state index in [1.54, 1.807) is 25.1 Å². The molecular weight excluding hydrogens is 194 g/mol. The summed E-state index contributed by atoms with van der Waals surface area (Å²) in [5.74, 6) is -0.0897. The minimum atomic E-state index is -0.459. The molecular formula is C11H11NO3. The topological polar surface area (TPSA) is 60.2 Å². The van der Waals surface area contributed by atoms with Crippen molar-refractivity contribution in [3.63, 3.8) is 0 Å². The Bertz CT molecular complexity index is 435. The van der Waals surface area contributed by atoms with Crippen LogP contribution < -0.4 is 0 Å². The molecule has 0 heterocycles. The predicted octanol–water partition coefficient (Wildman–Crippen LogP) is 2.59. The van der Waals surface area contributed by atoms with Gasteiger partial charge in [0.05, 0.1) is 10.5 Å². The average molecular weight is 205 g/mol. The fourth-order valence-electron chi connectivity index (χ4n) is 1.11. The van der Waals surface area contributed by atoms with Gasteiger partial charge in [0.25, 0.3) is 5.69 Å². The minimum Gasteiger partial charge on any atom is -0.295 e. The summed E-state index contributed by atoms with van der Waals surface area (Å²) in [7, 11) is 0. The number of nitro groups is 1. The van der Waals surface area contributed by atoms with Gasteiger partial charge in [0.1, 0.15) is 0 Å². The maximum Gasteiger partial charge on any atom is 0.276 e. The summed E-state index contributed by atoms with van der Waals surface area (Å²) in [4.78, 5) is 21.2. The summed E-state index contributed by atoms with van der Waals surface area (Å²) in [6, 6.07) is 6.33. The van der Waals surface area contributed by atoms with Crippen molar-refractivity contribution in [2.24, 2.45) is 0 Å². The molecule has 0 aliphatic heterocycles. The van der Waals surface area contributed by atoms with Gasteiger partial charge >= 0.3 is 0 Å². The second-order valence-corrected chi connectivity index (χ2v) is 3.20. The predicted molar refractivity (Wildman–Crippen MR) is 57.4 cm³/mol. The number of carbonyl (C=O) groups excluding carboxylic acids is 1. The molecule has 0 radical (unpaired) electrons. The van der Waals surface area contributed by atoms with Crippen molar-refractivity contribution in [1.29, 1.82) is 0 Å². The molecule has 1 rings (SSSR count). The number of hydrogen-bond acceptors (Lipinski definition) is 3. The number of ketones is 1. The Labute approximate surface area is 87.4 Å². The maximum atomic E-state index is 11.0. The van der Waals surface area contributed by atoms with Gasteiger partial charge in [-0.1, -0.05) is 12.1 Å². The van der Waals surface area contributed by atoms with Gasteiger partial charge < -0.3 is 0 Å². The van der Waals surface area contributed by atoms with Crippen LogP contribution in [0.1, 0.15) is 19.4 Å². The van der Waals surface area contributed by atoms with Crippen LogP contribution >= 0.6 is 0 Å². The van der Waals surface area contributed by atoms with E-state index in [9.17, 15) is 14.9 Å². The summed E-state index contributed by atoms with van der Waals surface area (Å²) in [5, 5.41) is 10.7. The van der Waals surface area contributed by atoms with Gasteiger partial charge in [-0.25, -0.2) is 0 Å². The van der Waals surface area contributed by atoms with E-state index in [4.69, 9.17) is 0 Å². The summed E-state index contributed by atoms with van der Waals surface area (Å²) < 4.78 is 0. The number of para-hydroxylation sites is 1. The van der Waals surface area contributed by atoms with E-state index in [-0.39, 0.29) is 11.5 Å². The molecule has 1 aromatic rings. The Kier molecular flexibility index (Phi) is 3.33. The third kappa shape index (κ3) is 2.74. The van der Waals surface area contributed by atoms with Crippen LogP contribution in [0.3, 0.4) is 0 Å². The van der Waals surface area contributed by atoms with E-state index >= 15 is 0 Å². The number of carbonyl (C=O) groups is 1. The van der Waals surface area contributed by atoms with Gasteiger partial charge in [0, 0.05) is 6.07 Å². The van der Waals surface area contributed by atoms with Gasteiger partial charge in [0.15, 0.2) is 5.78 Å². The third-order valence-corrected chi connectivity index (χ3v) is 2.06. The first-order valence-corrected chi connectivity index (χ1v) is 4.45. The van der Waals surface area contributed by atoms with Crippen molar-refractivity contribution < 1.29 is 9.72 Å². The fraction of sp³-hybridized carbons (Fsp3) is 0.182. The molecule has 0 aromatic heterocycles. The Morgan fingerprint density at radius 2 is 1.93 bits per heavy atom. The standard InChI is InChI=1S/C11H11NO3/c1-8(9(2)13)7-10-5-3-4-6-11(10)12(14)15/h3-7H,1-2H3/b8-7+. The molecule has 0 bridgehead atoms. The van der Waals surface area contributed by atoms with E-state index < -0.39 is 4.92 Å². The monoisotopic (exact) mass is 205 g/mol. The highest BCUT2D eigenvalue weighted by atomic mass is 16.6. The lowest BCUT2D eigenvalue weighted by Crippen LogP contribution is -1.94. The molecule has 0 atom stereocenters. The van der Waals surface area contributed by atoms with E-state index in [1.807, 2.05) is 0 Å². The first kappa shape index (κ1) is 11.1. The number of rotatable bonds is 3. The van der Waals surface area contributed by atoms with Crippen LogP contribution in [0.15, 0.2) is 29.8 Å². The number of benzene rings is 1. The lowest BCUT2D eigenvalue weighted by molar-refractivity contribution is -0.385. The molecule has 0 aliphatic carbocycles. The SMILES string of the molecule is CC(=O)/C(C)=C/c1ccccc1[N+](=O)[O-]. The lowest BCUT2D eigenvalue weighted by Gasteiger charge is -1.98. The number of Topliss-reactive ketones (excluding diaryl/α,β-unsaturated/α-hetero) is 1. The molecule has 0 spiro atoms. The zero-order chi connectivity index (χ0) is 11.4. The number of nitro benzene ring substituents is 1. The van der Waals surface area contributed by atoms with Crippen LogP contribution in [0.25, 0.3) is 6.08 Å². The van der Waals surface area contributed by atoms with Crippen LogP contribution in [0.4, 0.5) is 5.69 Å². The van der Waals surface area contributed by atoms with Crippen molar-refractivity contribution in [2.75, 3.05) is 0 Å². The van der Waals surface area contributed by atoms with Gasteiger partial charge in [-0.2, -0.15) is 0 Å². The first-order valence-electron chi connectivity index (χ1n) is 4.45. The van der Waals surface area contributed by atoms with Gasteiger partial charge in [-0.15, -0.1) is 0 Å². The molecule has 4 nitrogen and oxygen atoms in total. The van der Waals surface area contributed by atoms with Gasteiger partial charge in [0.2, 0.25) is 0 Å². The van der Waals surface area contributed by atoms with E-state index in [2.05, 4.69) is 0 Å². The molecule has 0 fully saturated rings. The van der Waals surface area contributed by atoms with E-state index in [0.717, 1.165) is 0 Å². The van der Waals surface area contributed by atoms with Crippen molar-refractivity contribution in [1.82, 2.24) is 0 Å². The fourth-order valence-corrected chi connectivity index (χ4v) is 1.11. The second kappa shape index (κ2) is 4.50. The molecule has 78 valence electrons. The summed E-state index contributed by atoms with van der Waals surface area (Å²) >= 11 is 0. The Hall–Kier alpha value is -1.97. The highest BCUT2D eigenvalue weighted by Crippen LogP contribution is 2.20. The van der Waals surface area contributed by atoms with Crippen molar-refractivity contribution in [3.8, 4) is 0 Å². The lowest BCUT2D eigenvalue weighted by atomic mass is 10.1. The van der Waals surface area contributed by atoms with Crippen molar-refractivity contribution in [2.45, 2.75) is 13.8 Å². The molecule has 0 saturated carbocycles. The quantitative estimate of drug-likeness (QED) is 0.433. The van der Waals surface area contributed by atoms with E-state index in [1.165, 1.54) is 19.1 Å². The Morgan fingerprint density at radius 3 is 2.47 bits per heavy atom. The van der Waals surface area contributed by atoms with Crippen LogP contribution in [0.2, 0.25) is 0 Å². The number of allylic oxidation sites excluding steroid dienone is 1. The first-order chi connectivity index (χ1) is 7.02. The molecule has 15 heavy (non-hydrogen) atoms. The van der Waals surface area contributed by atoms with Crippen LogP contribution in [-0.4, -0.2) is 10.7 Å². The summed E-state index contributed by atoms with van der Waals surface area (Å²) in [6.45, 7) is 3.07. The normalized spacial score (nSPS) is 11.2. The molecule has 0 N–H and O–H groups in total. The van der Waals surface area contributed by atoms with Crippen LogP contribution in [0, 0.1) is 10.1 Å². The van der Waals surface area contributed by atoms with Gasteiger partial charge in [-0.3, -0.25) is 14.9 Å². The highest BCUT2D eigenvalue weighted by molar-refractivity contribution is 5.97. The molecule has 0 saturated heterocycles. The molecule has 0 aliphatic rings. The van der Waals surface area contributed by atoms with E-state index in [0.29, 0.717) is 11.1 Å². The largest absolute Gasteiger partial charge is 0.295 e. The Morgan fingerprint density at radius 1 is 1.33 bits per heavy atom.